The van der Waals surface area contributed by atoms with Crippen LogP contribution in [0.5, 0.6) is 0 Å². The molecule has 0 bridgehead atoms. The number of hydrogen-bond acceptors (Lipinski definition) is 2. The average molecular weight is 232 g/mol. The second-order valence-corrected chi connectivity index (χ2v) is 3.89. The molecule has 0 aliphatic rings. The Morgan fingerprint density at radius 1 is 1.43 bits per heavy atom. The van der Waals surface area contributed by atoms with Crippen LogP contribution in [0.25, 0.3) is 0 Å². The van der Waals surface area contributed by atoms with Crippen molar-refractivity contribution in [3.8, 4) is 0 Å². The second kappa shape index (κ2) is 4.78. The van der Waals surface area contributed by atoms with Crippen molar-refractivity contribution in [2.24, 2.45) is 5.73 Å². The second-order valence-electron chi connectivity index (χ2n) is 3.07. The van der Waals surface area contributed by atoms with Gasteiger partial charge in [-0.1, -0.05) is 29.3 Å². The van der Waals surface area contributed by atoms with Gasteiger partial charge in [-0.3, -0.25) is 4.79 Å². The third-order valence-corrected chi connectivity index (χ3v) is 2.81. The molecule has 1 aromatic carbocycles. The third kappa shape index (κ3) is 2.47. The molecule has 0 fully saturated rings. The minimum Gasteiger partial charge on any atom is -0.329 e. The van der Waals surface area contributed by atoms with Crippen LogP contribution in [0.1, 0.15) is 18.4 Å². The van der Waals surface area contributed by atoms with Crippen LogP contribution < -0.4 is 5.73 Å². The van der Waals surface area contributed by atoms with E-state index in [9.17, 15) is 4.79 Å². The van der Waals surface area contributed by atoms with Gasteiger partial charge in [-0.05, 0) is 24.6 Å². The van der Waals surface area contributed by atoms with Gasteiger partial charge in [0.15, 0.2) is 0 Å². The highest BCUT2D eigenvalue weighted by molar-refractivity contribution is 6.42. The largest absolute Gasteiger partial charge is 0.329 e. The first kappa shape index (κ1) is 11.5. The van der Waals surface area contributed by atoms with Crippen molar-refractivity contribution in [2.75, 3.05) is 6.54 Å². The van der Waals surface area contributed by atoms with Crippen molar-refractivity contribution in [3.63, 3.8) is 0 Å². The Kier molecular flexibility index (Phi) is 3.93. The van der Waals surface area contributed by atoms with Crippen LogP contribution in [0, 0.1) is 0 Å². The van der Waals surface area contributed by atoms with Crippen molar-refractivity contribution in [3.05, 3.63) is 33.8 Å². The van der Waals surface area contributed by atoms with E-state index >= 15 is 0 Å². The van der Waals surface area contributed by atoms with Crippen LogP contribution in [-0.4, -0.2) is 12.3 Å². The Labute approximate surface area is 93.0 Å². The van der Waals surface area contributed by atoms with Gasteiger partial charge in [0, 0.05) is 6.54 Å². The zero-order valence-electron chi connectivity index (χ0n) is 7.76. The maximum Gasteiger partial charge on any atom is 0.138 e. The summed E-state index contributed by atoms with van der Waals surface area (Å²) < 4.78 is 0. The molecule has 0 heterocycles. The minimum atomic E-state index is -0.287. The maximum absolute atomic E-state index is 11.2. The molecule has 1 rings (SSSR count). The molecule has 1 unspecified atom stereocenters. The summed E-state index contributed by atoms with van der Waals surface area (Å²) in [7, 11) is 0. The summed E-state index contributed by atoms with van der Waals surface area (Å²) in [6.07, 6.45) is 0. The van der Waals surface area contributed by atoms with E-state index in [0.29, 0.717) is 10.0 Å². The van der Waals surface area contributed by atoms with Gasteiger partial charge in [0.25, 0.3) is 0 Å². The van der Waals surface area contributed by atoms with E-state index in [2.05, 4.69) is 0 Å². The molecule has 0 aliphatic carbocycles. The first-order valence-electron chi connectivity index (χ1n) is 4.21. The minimum absolute atomic E-state index is 0.0332. The molecule has 4 heteroatoms. The summed E-state index contributed by atoms with van der Waals surface area (Å²) in [5, 5.41) is 0.929. The van der Waals surface area contributed by atoms with Crippen LogP contribution in [0.15, 0.2) is 18.2 Å². The van der Waals surface area contributed by atoms with E-state index < -0.39 is 0 Å². The number of nitrogens with two attached hydrogens (primary N) is 1. The lowest BCUT2D eigenvalue weighted by molar-refractivity contribution is -0.118. The standard InChI is InChI=1S/C10H11Cl2NO/c1-6(14)8(5-13)7-2-3-9(11)10(12)4-7/h2-4,8H,5,13H2,1H3. The van der Waals surface area contributed by atoms with Gasteiger partial charge in [0.2, 0.25) is 0 Å². The number of Topliss-reactive ketones (excluding diaryl/α,β-unsaturated/α-hetero) is 1. The highest BCUT2D eigenvalue weighted by Crippen LogP contribution is 2.26. The topological polar surface area (TPSA) is 43.1 Å². The Morgan fingerprint density at radius 3 is 2.50 bits per heavy atom. The number of hydrogen-bond donors (Lipinski definition) is 1. The smallest absolute Gasteiger partial charge is 0.138 e. The van der Waals surface area contributed by atoms with Gasteiger partial charge in [0.1, 0.15) is 5.78 Å². The van der Waals surface area contributed by atoms with Crippen LogP contribution in [0.2, 0.25) is 10.0 Å². The van der Waals surface area contributed by atoms with E-state index in [0.717, 1.165) is 5.56 Å². The lowest BCUT2D eigenvalue weighted by Gasteiger charge is -2.11. The molecule has 1 aromatic rings. The molecule has 2 N–H and O–H groups in total. The molecule has 0 aliphatic heterocycles. The lowest BCUT2D eigenvalue weighted by Crippen LogP contribution is -2.19. The summed E-state index contributed by atoms with van der Waals surface area (Å²) in [5.41, 5.74) is 6.31. The first-order valence-corrected chi connectivity index (χ1v) is 4.97. The monoisotopic (exact) mass is 231 g/mol. The molecule has 0 aromatic heterocycles. The van der Waals surface area contributed by atoms with Gasteiger partial charge in [0.05, 0.1) is 16.0 Å². The fourth-order valence-electron chi connectivity index (χ4n) is 1.27. The van der Waals surface area contributed by atoms with Gasteiger partial charge < -0.3 is 5.73 Å². The van der Waals surface area contributed by atoms with Gasteiger partial charge in [-0.25, -0.2) is 0 Å². The number of benzene rings is 1. The predicted octanol–water partition coefficient (Wildman–Crippen LogP) is 2.62. The van der Waals surface area contributed by atoms with Gasteiger partial charge in [-0.15, -0.1) is 0 Å². The van der Waals surface area contributed by atoms with Crippen LogP contribution in [0.3, 0.4) is 0 Å². The number of rotatable bonds is 3. The molecule has 0 saturated carbocycles. The van der Waals surface area contributed by atoms with E-state index in [1.807, 2.05) is 0 Å². The van der Waals surface area contributed by atoms with Crippen LogP contribution >= 0.6 is 23.2 Å². The third-order valence-electron chi connectivity index (χ3n) is 2.07. The van der Waals surface area contributed by atoms with Gasteiger partial charge >= 0.3 is 0 Å². The number of ketones is 1. The zero-order valence-corrected chi connectivity index (χ0v) is 9.27. The SMILES string of the molecule is CC(=O)C(CN)c1ccc(Cl)c(Cl)c1. The zero-order chi connectivity index (χ0) is 10.7. The lowest BCUT2D eigenvalue weighted by atomic mass is 9.96. The molecule has 2 nitrogen and oxygen atoms in total. The van der Waals surface area contributed by atoms with Crippen molar-refractivity contribution in [1.29, 1.82) is 0 Å². The summed E-state index contributed by atoms with van der Waals surface area (Å²) in [6, 6.07) is 5.13. The number of carbonyl (C=O) groups is 1. The van der Waals surface area contributed by atoms with Crippen molar-refractivity contribution >= 4 is 29.0 Å². The van der Waals surface area contributed by atoms with Crippen LogP contribution in [-0.2, 0) is 4.79 Å². The molecule has 76 valence electrons. The molecule has 0 amide bonds. The number of halogens is 2. The van der Waals surface area contributed by atoms with Crippen molar-refractivity contribution < 1.29 is 4.79 Å². The molecule has 14 heavy (non-hydrogen) atoms. The Balaban J connectivity index is 3.06. The fraction of sp³-hybridized carbons (Fsp3) is 0.300. The molecule has 0 saturated heterocycles. The van der Waals surface area contributed by atoms with E-state index in [4.69, 9.17) is 28.9 Å². The molecule has 0 radical (unpaired) electrons. The van der Waals surface area contributed by atoms with Gasteiger partial charge in [-0.2, -0.15) is 0 Å². The molecular weight excluding hydrogens is 221 g/mol. The molecular formula is C10H11Cl2NO. The summed E-state index contributed by atoms with van der Waals surface area (Å²) in [4.78, 5) is 11.2. The van der Waals surface area contributed by atoms with Crippen molar-refractivity contribution in [1.82, 2.24) is 0 Å². The predicted molar refractivity (Wildman–Crippen MR) is 58.9 cm³/mol. The number of carbonyl (C=O) groups excluding carboxylic acids is 1. The van der Waals surface area contributed by atoms with E-state index in [1.54, 1.807) is 18.2 Å². The molecule has 0 spiro atoms. The highest BCUT2D eigenvalue weighted by Gasteiger charge is 2.15. The average Bonchev–Trinajstić information content (AvgIpc) is 2.11. The van der Waals surface area contributed by atoms with E-state index in [-0.39, 0.29) is 18.2 Å². The summed E-state index contributed by atoms with van der Waals surface area (Å²) in [6.45, 7) is 1.80. The summed E-state index contributed by atoms with van der Waals surface area (Å²) in [5.74, 6) is -0.254. The Morgan fingerprint density at radius 2 is 2.07 bits per heavy atom. The molecule has 1 atom stereocenters. The van der Waals surface area contributed by atoms with E-state index in [1.165, 1.54) is 6.92 Å². The Bertz CT molecular complexity index is 352. The maximum atomic E-state index is 11.2. The van der Waals surface area contributed by atoms with Crippen molar-refractivity contribution in [2.45, 2.75) is 12.8 Å². The first-order chi connectivity index (χ1) is 6.56. The Hall–Kier alpha value is -0.570. The quantitative estimate of drug-likeness (QED) is 0.870. The summed E-state index contributed by atoms with van der Waals surface area (Å²) >= 11 is 11.6. The fourth-order valence-corrected chi connectivity index (χ4v) is 1.57. The normalized spacial score (nSPS) is 12.6. The van der Waals surface area contributed by atoms with Crippen LogP contribution in [0.4, 0.5) is 0 Å². The highest BCUT2D eigenvalue weighted by atomic mass is 35.5.